The molecule has 20 heavy (non-hydrogen) atoms. The third-order valence-corrected chi connectivity index (χ3v) is 4.51. The van der Waals surface area contributed by atoms with Crippen molar-refractivity contribution in [2.75, 3.05) is 13.2 Å². The van der Waals surface area contributed by atoms with Crippen LogP contribution in [0, 0.1) is 0 Å². The van der Waals surface area contributed by atoms with Gasteiger partial charge in [-0.05, 0) is 61.3 Å². The minimum atomic E-state index is -0.807. The molecule has 0 fully saturated rings. The molecule has 112 valence electrons. The highest BCUT2D eigenvalue weighted by atomic mass is 79.9. The molecule has 1 aromatic carbocycles. The molecule has 0 aliphatic carbocycles. The van der Waals surface area contributed by atoms with E-state index >= 15 is 0 Å². The van der Waals surface area contributed by atoms with Gasteiger partial charge in [0.2, 0.25) is 0 Å². The molecular formula is C15H22BrNO3. The van der Waals surface area contributed by atoms with Crippen molar-refractivity contribution in [3.8, 4) is 11.5 Å². The van der Waals surface area contributed by atoms with E-state index in [-0.39, 0.29) is 0 Å². The highest BCUT2D eigenvalue weighted by Gasteiger charge is 2.34. The van der Waals surface area contributed by atoms with Gasteiger partial charge in [0, 0.05) is 12.1 Å². The zero-order valence-electron chi connectivity index (χ0n) is 12.4. The molecule has 0 amide bonds. The summed E-state index contributed by atoms with van der Waals surface area (Å²) in [6.07, 6.45) is 0. The van der Waals surface area contributed by atoms with Gasteiger partial charge >= 0.3 is 0 Å². The van der Waals surface area contributed by atoms with Crippen molar-refractivity contribution in [1.82, 2.24) is 5.32 Å². The van der Waals surface area contributed by atoms with Crippen LogP contribution < -0.4 is 14.8 Å². The van der Waals surface area contributed by atoms with Crippen molar-refractivity contribution in [1.29, 1.82) is 0 Å². The minimum Gasteiger partial charge on any atom is -0.486 e. The van der Waals surface area contributed by atoms with Gasteiger partial charge < -0.3 is 19.9 Å². The van der Waals surface area contributed by atoms with E-state index in [1.54, 1.807) is 13.8 Å². The Bertz CT molecular complexity index is 495. The molecule has 0 radical (unpaired) electrons. The maximum Gasteiger partial charge on any atom is 0.175 e. The summed E-state index contributed by atoms with van der Waals surface area (Å²) in [6, 6.07) is 3.99. The lowest BCUT2D eigenvalue weighted by Gasteiger charge is -2.38. The molecule has 0 atom stereocenters. The largest absolute Gasteiger partial charge is 0.486 e. The predicted molar refractivity (Wildman–Crippen MR) is 82.3 cm³/mol. The van der Waals surface area contributed by atoms with Crippen LogP contribution in [0.3, 0.4) is 0 Å². The summed E-state index contributed by atoms with van der Waals surface area (Å²) >= 11 is 3.51. The standard InChI is InChI=1S/C15H22BrNO3/c1-14(2,15(3,4)18)17-9-10-7-11(16)13-12(8-10)19-5-6-20-13/h7-8,17-18H,5-6,9H2,1-4H3. The zero-order valence-corrected chi connectivity index (χ0v) is 14.0. The van der Waals surface area contributed by atoms with E-state index in [0.717, 1.165) is 21.5 Å². The van der Waals surface area contributed by atoms with Crippen LogP contribution in [0.4, 0.5) is 0 Å². The first-order valence-corrected chi connectivity index (χ1v) is 7.55. The van der Waals surface area contributed by atoms with Crippen LogP contribution in [0.1, 0.15) is 33.3 Å². The second-order valence-corrected chi connectivity index (χ2v) is 6.99. The smallest absolute Gasteiger partial charge is 0.175 e. The first-order valence-electron chi connectivity index (χ1n) is 6.76. The summed E-state index contributed by atoms with van der Waals surface area (Å²) in [6.45, 7) is 9.38. The van der Waals surface area contributed by atoms with Gasteiger partial charge in [0.15, 0.2) is 11.5 Å². The molecule has 1 aliphatic rings. The Kier molecular flexibility index (Phi) is 4.33. The Morgan fingerprint density at radius 3 is 2.50 bits per heavy atom. The number of ether oxygens (including phenoxy) is 2. The van der Waals surface area contributed by atoms with Gasteiger partial charge in [-0.3, -0.25) is 0 Å². The van der Waals surface area contributed by atoms with Crippen molar-refractivity contribution in [2.24, 2.45) is 0 Å². The number of halogens is 1. The number of fused-ring (bicyclic) bond motifs is 1. The molecule has 1 aliphatic heterocycles. The third-order valence-electron chi connectivity index (χ3n) is 3.92. The fourth-order valence-electron chi connectivity index (χ4n) is 1.81. The molecule has 0 saturated heterocycles. The van der Waals surface area contributed by atoms with Crippen molar-refractivity contribution >= 4 is 15.9 Å². The topological polar surface area (TPSA) is 50.7 Å². The van der Waals surface area contributed by atoms with Crippen molar-refractivity contribution < 1.29 is 14.6 Å². The number of rotatable bonds is 4. The summed E-state index contributed by atoms with van der Waals surface area (Å²) in [5, 5.41) is 13.5. The highest BCUT2D eigenvalue weighted by molar-refractivity contribution is 9.10. The molecule has 0 spiro atoms. The van der Waals surface area contributed by atoms with Crippen LogP contribution in [-0.4, -0.2) is 29.5 Å². The number of hydrogen-bond acceptors (Lipinski definition) is 4. The number of benzene rings is 1. The van der Waals surface area contributed by atoms with Crippen molar-refractivity contribution in [3.63, 3.8) is 0 Å². The van der Waals surface area contributed by atoms with Crippen LogP contribution >= 0.6 is 15.9 Å². The molecule has 0 saturated carbocycles. The van der Waals surface area contributed by atoms with Gasteiger partial charge in [0.25, 0.3) is 0 Å². The van der Waals surface area contributed by atoms with E-state index in [4.69, 9.17) is 9.47 Å². The average molecular weight is 344 g/mol. The molecule has 5 heteroatoms. The maximum atomic E-state index is 10.2. The normalized spacial score (nSPS) is 15.3. The van der Waals surface area contributed by atoms with Gasteiger partial charge in [-0.25, -0.2) is 0 Å². The Balaban J connectivity index is 2.13. The second-order valence-electron chi connectivity index (χ2n) is 6.14. The molecule has 4 nitrogen and oxygen atoms in total. The van der Waals surface area contributed by atoms with Gasteiger partial charge in [-0.2, -0.15) is 0 Å². The molecule has 0 unspecified atom stereocenters. The third kappa shape index (κ3) is 3.27. The highest BCUT2D eigenvalue weighted by Crippen LogP contribution is 2.38. The quantitative estimate of drug-likeness (QED) is 0.882. The van der Waals surface area contributed by atoms with Gasteiger partial charge in [0.1, 0.15) is 13.2 Å². The van der Waals surface area contributed by atoms with E-state index in [0.29, 0.717) is 19.8 Å². The lowest BCUT2D eigenvalue weighted by Crippen LogP contribution is -2.55. The van der Waals surface area contributed by atoms with Crippen LogP contribution in [0.15, 0.2) is 16.6 Å². The molecular weight excluding hydrogens is 322 g/mol. The van der Waals surface area contributed by atoms with Crippen LogP contribution in [-0.2, 0) is 6.54 Å². The summed E-state index contributed by atoms with van der Waals surface area (Å²) < 4.78 is 12.1. The fourth-order valence-corrected chi connectivity index (χ4v) is 2.41. The summed E-state index contributed by atoms with van der Waals surface area (Å²) in [5.41, 5.74) is -0.122. The number of hydrogen-bond donors (Lipinski definition) is 2. The first-order chi connectivity index (χ1) is 9.21. The Labute approximate surface area is 128 Å². The number of aliphatic hydroxyl groups is 1. The van der Waals surface area contributed by atoms with Crippen LogP contribution in [0.2, 0.25) is 0 Å². The van der Waals surface area contributed by atoms with E-state index < -0.39 is 11.1 Å². The van der Waals surface area contributed by atoms with Crippen molar-refractivity contribution in [3.05, 3.63) is 22.2 Å². The molecule has 0 aromatic heterocycles. The predicted octanol–water partition coefficient (Wildman–Crippen LogP) is 2.86. The number of nitrogens with one attached hydrogen (secondary N) is 1. The molecule has 1 aromatic rings. The van der Waals surface area contributed by atoms with Crippen LogP contribution in [0.25, 0.3) is 0 Å². The summed E-state index contributed by atoms with van der Waals surface area (Å²) in [7, 11) is 0. The average Bonchev–Trinajstić information content (AvgIpc) is 2.35. The zero-order chi connectivity index (χ0) is 15.0. The monoisotopic (exact) mass is 343 g/mol. The van der Waals surface area contributed by atoms with Crippen molar-refractivity contribution in [2.45, 2.75) is 45.4 Å². The first kappa shape index (κ1) is 15.6. The van der Waals surface area contributed by atoms with E-state index in [2.05, 4.69) is 21.2 Å². The van der Waals surface area contributed by atoms with E-state index in [1.807, 2.05) is 26.0 Å². The van der Waals surface area contributed by atoms with Gasteiger partial charge in [0.05, 0.1) is 10.1 Å². The van der Waals surface area contributed by atoms with Crippen LogP contribution in [0.5, 0.6) is 11.5 Å². The molecule has 2 N–H and O–H groups in total. The Hall–Kier alpha value is -0.780. The Morgan fingerprint density at radius 1 is 1.20 bits per heavy atom. The van der Waals surface area contributed by atoms with Gasteiger partial charge in [-0.15, -0.1) is 0 Å². The maximum absolute atomic E-state index is 10.2. The molecule has 1 heterocycles. The lowest BCUT2D eigenvalue weighted by molar-refractivity contribution is -0.00533. The fraction of sp³-hybridized carbons (Fsp3) is 0.600. The summed E-state index contributed by atoms with van der Waals surface area (Å²) in [4.78, 5) is 0. The van der Waals surface area contributed by atoms with Gasteiger partial charge in [-0.1, -0.05) is 0 Å². The molecule has 2 rings (SSSR count). The second kappa shape index (κ2) is 5.54. The van der Waals surface area contributed by atoms with E-state index in [1.165, 1.54) is 0 Å². The summed E-state index contributed by atoms with van der Waals surface area (Å²) in [5.74, 6) is 1.53. The SMILES string of the molecule is CC(C)(O)C(C)(C)NCc1cc(Br)c2c(c1)OCCO2. The Morgan fingerprint density at radius 2 is 1.85 bits per heavy atom. The van der Waals surface area contributed by atoms with E-state index in [9.17, 15) is 5.11 Å². The minimum absolute atomic E-state index is 0.396. The molecule has 0 bridgehead atoms. The lowest BCUT2D eigenvalue weighted by atomic mass is 9.86.